The zero-order chi connectivity index (χ0) is 15.1. The fourth-order valence-electron chi connectivity index (χ4n) is 1.82. The Labute approximate surface area is 131 Å². The number of hydrogen-bond acceptors (Lipinski definition) is 3. The van der Waals surface area contributed by atoms with Crippen molar-refractivity contribution in [3.63, 3.8) is 0 Å². The number of aromatic nitrogens is 2. The molecule has 0 aliphatic heterocycles. The Balaban J connectivity index is 2.27. The summed E-state index contributed by atoms with van der Waals surface area (Å²) < 4.78 is 17.7. The number of halogens is 1. The van der Waals surface area contributed by atoms with Crippen LogP contribution in [0.3, 0.4) is 0 Å². The van der Waals surface area contributed by atoms with E-state index in [1.807, 2.05) is 51.3 Å². The Morgan fingerprint density at radius 1 is 1.35 bits per heavy atom. The van der Waals surface area contributed by atoms with Crippen LogP contribution < -0.4 is 4.72 Å². The summed E-state index contributed by atoms with van der Waals surface area (Å²) in [6, 6.07) is 6.06. The average molecular weight is 358 g/mol. The van der Waals surface area contributed by atoms with Gasteiger partial charge >= 0.3 is 0 Å². The highest BCUT2D eigenvalue weighted by atomic mass is 79.9. The van der Waals surface area contributed by atoms with Gasteiger partial charge in [-0.1, -0.05) is 0 Å². The molecule has 0 saturated heterocycles. The Hall–Kier alpha value is -0.560. The van der Waals surface area contributed by atoms with E-state index in [1.54, 1.807) is 0 Å². The molecule has 1 unspecified atom stereocenters. The summed E-state index contributed by atoms with van der Waals surface area (Å²) in [6.45, 7) is 9.88. The van der Waals surface area contributed by atoms with Gasteiger partial charge in [-0.15, -0.1) is 4.72 Å². The van der Waals surface area contributed by atoms with E-state index in [0.717, 1.165) is 15.8 Å². The van der Waals surface area contributed by atoms with Crippen molar-refractivity contribution < 1.29 is 4.55 Å². The molecule has 0 saturated carbocycles. The molecule has 0 radical (unpaired) electrons. The lowest BCUT2D eigenvalue weighted by atomic mass is 10.2. The molecule has 0 spiro atoms. The topological polar surface area (TPSA) is 52.4 Å². The zero-order valence-corrected chi connectivity index (χ0v) is 14.8. The van der Waals surface area contributed by atoms with E-state index >= 15 is 0 Å². The molecule has 4 nitrogen and oxygen atoms in total. The smallest absolute Gasteiger partial charge is 0.136 e. The Morgan fingerprint density at radius 3 is 2.60 bits per heavy atom. The van der Waals surface area contributed by atoms with Crippen molar-refractivity contribution in [3.05, 3.63) is 34.1 Å². The van der Waals surface area contributed by atoms with E-state index in [0.29, 0.717) is 0 Å². The number of nitrogens with zero attached hydrogens (tertiary/aromatic N) is 2. The first kappa shape index (κ1) is 15.8. The maximum Gasteiger partial charge on any atom is 0.136 e. The van der Waals surface area contributed by atoms with Gasteiger partial charge in [0.25, 0.3) is 0 Å². The van der Waals surface area contributed by atoms with Crippen LogP contribution in [0.2, 0.25) is 0 Å². The molecule has 2 atom stereocenters. The quantitative estimate of drug-likeness (QED) is 0.675. The van der Waals surface area contributed by atoms with E-state index in [-0.39, 0.29) is 10.8 Å². The maximum absolute atomic E-state index is 12.1. The molecule has 20 heavy (non-hydrogen) atoms. The van der Waals surface area contributed by atoms with Crippen molar-refractivity contribution in [1.82, 2.24) is 14.3 Å². The van der Waals surface area contributed by atoms with E-state index in [4.69, 9.17) is 0 Å². The van der Waals surface area contributed by atoms with Gasteiger partial charge in [0, 0.05) is 11.4 Å². The van der Waals surface area contributed by atoms with Gasteiger partial charge in [-0.05, 0) is 74.3 Å². The molecule has 1 N–H and O–H groups in total. The fraction of sp³-hybridized carbons (Fsp3) is 0.500. The summed E-state index contributed by atoms with van der Waals surface area (Å²) >= 11 is 2.40. The van der Waals surface area contributed by atoms with Crippen LogP contribution in [0.4, 0.5) is 0 Å². The zero-order valence-electron chi connectivity index (χ0n) is 12.4. The standard InChI is InChI=1S/C14H20BrN3OS/c1-9-6-11-8-12(16-18(11)13(15)7-9)10(2)17-20(19)14(3,4)5/h6-8,10,17H,1-5H3/t10-,20?/m1/s1. The fourth-order valence-corrected chi connectivity index (χ4v) is 3.26. The van der Waals surface area contributed by atoms with Crippen LogP contribution in [0, 0.1) is 6.92 Å². The summed E-state index contributed by atoms with van der Waals surface area (Å²) in [5, 5.41) is 4.56. The van der Waals surface area contributed by atoms with Gasteiger partial charge < -0.3 is 4.55 Å². The molecule has 0 aromatic carbocycles. The first-order valence-corrected chi connectivity index (χ1v) is 8.46. The second-order valence-corrected chi connectivity index (χ2v) is 8.79. The van der Waals surface area contributed by atoms with E-state index in [9.17, 15) is 4.55 Å². The number of hydrogen-bond donors (Lipinski definition) is 1. The monoisotopic (exact) mass is 357 g/mol. The first-order valence-electron chi connectivity index (χ1n) is 6.52. The van der Waals surface area contributed by atoms with Crippen LogP contribution in [-0.2, 0) is 11.4 Å². The van der Waals surface area contributed by atoms with Gasteiger partial charge in [-0.3, -0.25) is 0 Å². The summed E-state index contributed by atoms with van der Waals surface area (Å²) in [7, 11) is 0. The molecule has 2 aromatic heterocycles. The lowest BCUT2D eigenvalue weighted by Crippen LogP contribution is -2.40. The SMILES string of the molecule is Cc1cc(Br)n2nc([C@@H](C)N[S+]([O-])C(C)(C)C)cc2c1. The summed E-state index contributed by atoms with van der Waals surface area (Å²) in [5.74, 6) is 0. The first-order chi connectivity index (χ1) is 9.18. The van der Waals surface area contributed by atoms with Crippen LogP contribution in [0.5, 0.6) is 0 Å². The highest BCUT2D eigenvalue weighted by Gasteiger charge is 2.29. The normalized spacial score (nSPS) is 15.6. The summed E-state index contributed by atoms with van der Waals surface area (Å²) in [6.07, 6.45) is 0. The third-order valence-electron chi connectivity index (χ3n) is 2.96. The summed E-state index contributed by atoms with van der Waals surface area (Å²) in [4.78, 5) is 0. The number of pyridine rings is 1. The minimum Gasteiger partial charge on any atom is -0.598 e. The van der Waals surface area contributed by atoms with Crippen molar-refractivity contribution in [2.45, 2.75) is 45.4 Å². The number of nitrogens with one attached hydrogen (secondary N) is 1. The number of rotatable bonds is 3. The van der Waals surface area contributed by atoms with Crippen LogP contribution in [-0.4, -0.2) is 18.9 Å². The van der Waals surface area contributed by atoms with Gasteiger partial charge in [-0.25, -0.2) is 4.52 Å². The van der Waals surface area contributed by atoms with E-state index in [1.165, 1.54) is 5.56 Å². The van der Waals surface area contributed by atoms with Gasteiger partial charge in [0.1, 0.15) is 9.35 Å². The van der Waals surface area contributed by atoms with Gasteiger partial charge in [0.05, 0.1) is 17.3 Å². The lowest BCUT2D eigenvalue weighted by molar-refractivity contribution is 0.528. The Morgan fingerprint density at radius 2 is 2.00 bits per heavy atom. The minimum absolute atomic E-state index is 0.0674. The molecule has 110 valence electrons. The molecular weight excluding hydrogens is 338 g/mol. The molecule has 2 rings (SSSR count). The summed E-state index contributed by atoms with van der Waals surface area (Å²) in [5.41, 5.74) is 3.09. The molecule has 0 bridgehead atoms. The van der Waals surface area contributed by atoms with Crippen molar-refractivity contribution in [1.29, 1.82) is 0 Å². The second-order valence-electron chi connectivity index (χ2n) is 5.98. The molecular formula is C14H20BrN3OS. The van der Waals surface area contributed by atoms with E-state index in [2.05, 4.69) is 31.8 Å². The highest BCUT2D eigenvalue weighted by Crippen LogP contribution is 2.22. The number of fused-ring (bicyclic) bond motifs is 1. The molecule has 0 fully saturated rings. The van der Waals surface area contributed by atoms with Gasteiger partial charge in [0.15, 0.2) is 0 Å². The third kappa shape index (κ3) is 3.36. The number of aryl methyl sites for hydroxylation is 1. The van der Waals surface area contributed by atoms with Crippen LogP contribution in [0.15, 0.2) is 22.8 Å². The van der Waals surface area contributed by atoms with Crippen molar-refractivity contribution in [2.75, 3.05) is 0 Å². The molecule has 0 aliphatic carbocycles. The van der Waals surface area contributed by atoms with Crippen LogP contribution in [0.1, 0.15) is 45.0 Å². The third-order valence-corrected chi connectivity index (χ3v) is 5.21. The molecule has 0 amide bonds. The van der Waals surface area contributed by atoms with Gasteiger partial charge in [0.2, 0.25) is 0 Å². The van der Waals surface area contributed by atoms with Crippen molar-refractivity contribution >= 4 is 32.8 Å². The average Bonchev–Trinajstić information content (AvgIpc) is 2.71. The molecule has 0 aliphatic rings. The van der Waals surface area contributed by atoms with E-state index < -0.39 is 11.4 Å². The largest absolute Gasteiger partial charge is 0.598 e. The molecule has 2 heterocycles. The van der Waals surface area contributed by atoms with Crippen LogP contribution >= 0.6 is 15.9 Å². The second kappa shape index (κ2) is 5.67. The Bertz CT molecular complexity index is 621. The Kier molecular flexibility index (Phi) is 4.49. The highest BCUT2D eigenvalue weighted by molar-refractivity contribution is 9.10. The maximum atomic E-state index is 12.1. The van der Waals surface area contributed by atoms with Gasteiger partial charge in [-0.2, -0.15) is 5.10 Å². The molecule has 6 heteroatoms. The minimum atomic E-state index is -1.11. The van der Waals surface area contributed by atoms with Crippen molar-refractivity contribution in [3.8, 4) is 0 Å². The predicted molar refractivity (Wildman–Crippen MR) is 87.1 cm³/mol. The molecule has 2 aromatic rings. The predicted octanol–water partition coefficient (Wildman–Crippen LogP) is 3.52. The van der Waals surface area contributed by atoms with Crippen LogP contribution in [0.25, 0.3) is 5.52 Å². The van der Waals surface area contributed by atoms with Crippen molar-refractivity contribution in [2.24, 2.45) is 0 Å². The lowest BCUT2D eigenvalue weighted by Gasteiger charge is -2.25.